The zero-order chi connectivity index (χ0) is 20.5. The summed E-state index contributed by atoms with van der Waals surface area (Å²) in [7, 11) is 0. The topological polar surface area (TPSA) is 71.1 Å². The van der Waals surface area contributed by atoms with E-state index >= 15 is 0 Å². The average molecular weight is 393 g/mol. The van der Waals surface area contributed by atoms with Crippen LogP contribution in [0, 0.1) is 11.6 Å². The van der Waals surface area contributed by atoms with Crippen molar-refractivity contribution in [3.05, 3.63) is 77.5 Å². The van der Waals surface area contributed by atoms with Crippen LogP contribution in [0.3, 0.4) is 0 Å². The maximum Gasteiger partial charge on any atom is 0.221 e. The van der Waals surface area contributed by atoms with Gasteiger partial charge in [0.15, 0.2) is 5.78 Å². The van der Waals surface area contributed by atoms with Gasteiger partial charge in [-0.05, 0) is 47.5 Å². The number of hydrogen-bond acceptors (Lipinski definition) is 4. The van der Waals surface area contributed by atoms with E-state index < -0.39 is 23.3 Å². The summed E-state index contributed by atoms with van der Waals surface area (Å²) >= 11 is 0. The smallest absolute Gasteiger partial charge is 0.221 e. The molecule has 2 heterocycles. The highest BCUT2D eigenvalue weighted by atomic mass is 19.1. The van der Waals surface area contributed by atoms with E-state index in [-0.39, 0.29) is 18.0 Å². The van der Waals surface area contributed by atoms with Gasteiger partial charge >= 0.3 is 0 Å². The number of ketones is 1. The summed E-state index contributed by atoms with van der Waals surface area (Å²) in [4.78, 5) is 28.7. The number of rotatable bonds is 4. The first kappa shape index (κ1) is 18.7. The number of amides is 1. The van der Waals surface area contributed by atoms with Gasteiger partial charge in [-0.25, -0.2) is 13.8 Å². The van der Waals surface area contributed by atoms with Crippen LogP contribution in [0.1, 0.15) is 28.8 Å². The predicted molar refractivity (Wildman–Crippen MR) is 106 cm³/mol. The number of anilines is 2. The molecule has 0 aliphatic carbocycles. The lowest BCUT2D eigenvalue weighted by Crippen LogP contribution is -2.17. The SMILES string of the molecule is CC(=O)Nc1cccc(-c2ccnc3c2C(C(=O)c2cc(F)ccc2F)CN3)c1. The molecule has 1 aliphatic rings. The van der Waals surface area contributed by atoms with E-state index in [1.807, 2.05) is 6.07 Å². The minimum atomic E-state index is -0.761. The maximum absolute atomic E-state index is 14.2. The van der Waals surface area contributed by atoms with Crippen LogP contribution in [0.25, 0.3) is 11.1 Å². The van der Waals surface area contributed by atoms with E-state index in [0.717, 1.165) is 29.3 Å². The van der Waals surface area contributed by atoms with Gasteiger partial charge in [0.1, 0.15) is 17.5 Å². The van der Waals surface area contributed by atoms with Gasteiger partial charge < -0.3 is 10.6 Å². The summed E-state index contributed by atoms with van der Waals surface area (Å²) in [6.45, 7) is 1.66. The van der Waals surface area contributed by atoms with Crippen LogP contribution < -0.4 is 10.6 Å². The first-order valence-corrected chi connectivity index (χ1v) is 9.04. The molecule has 0 radical (unpaired) electrons. The number of Topliss-reactive ketones (excluding diaryl/α,β-unsaturated/α-hetero) is 1. The summed E-state index contributed by atoms with van der Waals surface area (Å²) in [5.41, 5.74) is 2.47. The number of pyridine rings is 1. The molecular formula is C22H17F2N3O2. The van der Waals surface area contributed by atoms with Crippen LogP contribution in [0.15, 0.2) is 54.7 Å². The van der Waals surface area contributed by atoms with Gasteiger partial charge in [-0.3, -0.25) is 9.59 Å². The third-order valence-corrected chi connectivity index (χ3v) is 4.82. The molecular weight excluding hydrogens is 376 g/mol. The summed E-state index contributed by atoms with van der Waals surface area (Å²) in [6.07, 6.45) is 1.61. The number of nitrogens with one attached hydrogen (secondary N) is 2. The summed E-state index contributed by atoms with van der Waals surface area (Å²) < 4.78 is 27.8. The molecule has 1 amide bonds. The second kappa shape index (κ2) is 7.43. The molecule has 3 aromatic rings. The molecule has 146 valence electrons. The number of benzene rings is 2. The minimum Gasteiger partial charge on any atom is -0.369 e. The van der Waals surface area contributed by atoms with Crippen molar-refractivity contribution in [2.45, 2.75) is 12.8 Å². The molecule has 29 heavy (non-hydrogen) atoms. The van der Waals surface area contributed by atoms with Crippen LogP contribution in [-0.4, -0.2) is 23.2 Å². The summed E-state index contributed by atoms with van der Waals surface area (Å²) in [6, 6.07) is 11.8. The average Bonchev–Trinajstić information content (AvgIpc) is 3.13. The minimum absolute atomic E-state index is 0.196. The highest BCUT2D eigenvalue weighted by Crippen LogP contribution is 2.40. The fourth-order valence-corrected chi connectivity index (χ4v) is 3.58. The molecule has 7 heteroatoms. The molecule has 1 atom stereocenters. The maximum atomic E-state index is 14.2. The Hall–Kier alpha value is -3.61. The molecule has 0 fully saturated rings. The molecule has 0 bridgehead atoms. The molecule has 0 saturated carbocycles. The molecule has 5 nitrogen and oxygen atoms in total. The predicted octanol–water partition coefficient (Wildman–Crippen LogP) is 4.38. The van der Waals surface area contributed by atoms with Gasteiger partial charge in [0.2, 0.25) is 5.91 Å². The van der Waals surface area contributed by atoms with E-state index in [2.05, 4.69) is 15.6 Å². The fourth-order valence-electron chi connectivity index (χ4n) is 3.58. The van der Waals surface area contributed by atoms with E-state index in [1.54, 1.807) is 30.5 Å². The Morgan fingerprint density at radius 1 is 1.14 bits per heavy atom. The molecule has 0 saturated heterocycles. The molecule has 0 spiro atoms. The Bertz CT molecular complexity index is 1130. The third kappa shape index (κ3) is 3.59. The van der Waals surface area contributed by atoms with Gasteiger partial charge in [0.25, 0.3) is 0 Å². The number of halogens is 2. The Balaban J connectivity index is 1.78. The van der Waals surface area contributed by atoms with Crippen LogP contribution in [0.4, 0.5) is 20.3 Å². The van der Waals surface area contributed by atoms with Gasteiger partial charge in [-0.2, -0.15) is 0 Å². The fraction of sp³-hybridized carbons (Fsp3) is 0.136. The van der Waals surface area contributed by atoms with Gasteiger partial charge in [-0.1, -0.05) is 12.1 Å². The lowest BCUT2D eigenvalue weighted by Gasteiger charge is -2.15. The summed E-state index contributed by atoms with van der Waals surface area (Å²) in [5, 5.41) is 5.80. The van der Waals surface area contributed by atoms with Gasteiger partial charge in [0, 0.05) is 30.9 Å². The standard InChI is InChI=1S/C22H17F2N3O2/c1-12(28)27-15-4-2-3-13(9-15)16-7-8-25-22-20(16)18(11-26-22)21(29)17-10-14(23)5-6-19(17)24/h2-10,18H,11H2,1H3,(H,25,26)(H,27,28). The highest BCUT2D eigenvalue weighted by Gasteiger charge is 2.34. The zero-order valence-corrected chi connectivity index (χ0v) is 15.5. The largest absolute Gasteiger partial charge is 0.369 e. The third-order valence-electron chi connectivity index (χ3n) is 4.82. The van der Waals surface area contributed by atoms with Crippen molar-refractivity contribution in [1.29, 1.82) is 0 Å². The van der Waals surface area contributed by atoms with Gasteiger partial charge in [0.05, 0.1) is 11.5 Å². The van der Waals surface area contributed by atoms with Crippen molar-refractivity contribution < 1.29 is 18.4 Å². The second-order valence-electron chi connectivity index (χ2n) is 6.80. The van der Waals surface area contributed by atoms with Crippen molar-refractivity contribution in [3.63, 3.8) is 0 Å². The number of nitrogens with zero attached hydrogens (tertiary/aromatic N) is 1. The molecule has 2 N–H and O–H groups in total. The number of hydrogen-bond donors (Lipinski definition) is 2. The quantitative estimate of drug-likeness (QED) is 0.646. The van der Waals surface area contributed by atoms with Crippen LogP contribution >= 0.6 is 0 Å². The van der Waals surface area contributed by atoms with Crippen LogP contribution in [0.5, 0.6) is 0 Å². The van der Waals surface area contributed by atoms with E-state index in [1.165, 1.54) is 6.92 Å². The number of carbonyl (C=O) groups is 2. The number of aromatic nitrogens is 1. The molecule has 1 aromatic heterocycles. The van der Waals surface area contributed by atoms with Crippen LogP contribution in [0.2, 0.25) is 0 Å². The second-order valence-corrected chi connectivity index (χ2v) is 6.80. The van der Waals surface area contributed by atoms with E-state index in [0.29, 0.717) is 17.1 Å². The van der Waals surface area contributed by atoms with Crippen molar-refractivity contribution >= 4 is 23.2 Å². The van der Waals surface area contributed by atoms with Crippen molar-refractivity contribution in [2.24, 2.45) is 0 Å². The summed E-state index contributed by atoms with van der Waals surface area (Å²) in [5.74, 6) is -2.32. The van der Waals surface area contributed by atoms with E-state index in [9.17, 15) is 18.4 Å². The zero-order valence-electron chi connectivity index (χ0n) is 15.5. The van der Waals surface area contributed by atoms with E-state index in [4.69, 9.17) is 0 Å². The lowest BCUT2D eigenvalue weighted by atomic mass is 9.88. The Labute approximate surface area is 165 Å². The molecule has 2 aromatic carbocycles. The Morgan fingerprint density at radius 2 is 1.97 bits per heavy atom. The lowest BCUT2D eigenvalue weighted by molar-refractivity contribution is -0.114. The molecule has 1 aliphatic heterocycles. The Morgan fingerprint density at radius 3 is 2.76 bits per heavy atom. The van der Waals surface area contributed by atoms with Crippen molar-refractivity contribution in [1.82, 2.24) is 4.98 Å². The Kier molecular flexibility index (Phi) is 4.80. The van der Waals surface area contributed by atoms with Crippen molar-refractivity contribution in [3.8, 4) is 11.1 Å². The number of fused-ring (bicyclic) bond motifs is 1. The molecule has 4 rings (SSSR count). The van der Waals surface area contributed by atoms with Crippen LogP contribution in [-0.2, 0) is 4.79 Å². The first-order valence-electron chi connectivity index (χ1n) is 9.04. The first-order chi connectivity index (χ1) is 13.9. The van der Waals surface area contributed by atoms with Gasteiger partial charge in [-0.15, -0.1) is 0 Å². The monoisotopic (exact) mass is 393 g/mol. The number of carbonyl (C=O) groups excluding carboxylic acids is 2. The van der Waals surface area contributed by atoms with Crippen molar-refractivity contribution in [2.75, 3.05) is 17.2 Å². The normalized spacial score (nSPS) is 14.8. The molecule has 1 unspecified atom stereocenters. The highest BCUT2D eigenvalue weighted by molar-refractivity contribution is 6.04.